The number of amides is 1. The highest BCUT2D eigenvalue weighted by Crippen LogP contribution is 2.09. The summed E-state index contributed by atoms with van der Waals surface area (Å²) in [6, 6.07) is 9.45. The average molecular weight is 253 g/mol. The molecule has 1 aromatic rings. The average Bonchev–Trinajstić information content (AvgIpc) is 2.46. The van der Waals surface area contributed by atoms with Crippen molar-refractivity contribution in [3.63, 3.8) is 0 Å². The fraction of sp³-hybridized carbons (Fsp3) is 0.462. The second-order valence-corrected chi connectivity index (χ2v) is 4.13. The Balaban J connectivity index is 1.81. The van der Waals surface area contributed by atoms with Crippen molar-refractivity contribution in [1.82, 2.24) is 4.90 Å². The molecule has 1 aliphatic rings. The maximum Gasteiger partial charge on any atom is 0.410 e. The topological polar surface area (TPSA) is 38.8 Å². The molecule has 0 radical (unpaired) electrons. The van der Waals surface area contributed by atoms with E-state index in [9.17, 15) is 9.18 Å². The number of nitrogens with zero attached hydrogens (tertiary/aromatic N) is 1. The normalized spacial score (nSPS) is 19.6. The molecule has 4 nitrogen and oxygen atoms in total. The summed E-state index contributed by atoms with van der Waals surface area (Å²) in [5, 5.41) is 0. The van der Waals surface area contributed by atoms with Gasteiger partial charge in [0.2, 0.25) is 0 Å². The van der Waals surface area contributed by atoms with Crippen molar-refractivity contribution in [3.8, 4) is 0 Å². The minimum atomic E-state index is -0.581. The van der Waals surface area contributed by atoms with Gasteiger partial charge in [0.1, 0.15) is 19.4 Å². The highest BCUT2D eigenvalue weighted by atomic mass is 19.1. The van der Waals surface area contributed by atoms with Gasteiger partial charge in [0.25, 0.3) is 0 Å². The third-order valence-corrected chi connectivity index (χ3v) is 2.77. The van der Waals surface area contributed by atoms with Crippen LogP contribution in [0.2, 0.25) is 0 Å². The zero-order valence-corrected chi connectivity index (χ0v) is 10.0. The van der Waals surface area contributed by atoms with Crippen LogP contribution in [-0.2, 0) is 16.1 Å². The molecule has 1 fully saturated rings. The van der Waals surface area contributed by atoms with Crippen molar-refractivity contribution in [3.05, 3.63) is 35.9 Å². The molecule has 0 spiro atoms. The molecular formula is C13H16FNO3. The van der Waals surface area contributed by atoms with Gasteiger partial charge in [-0.2, -0.15) is 0 Å². The minimum absolute atomic E-state index is 0.233. The molecule has 1 aromatic carbocycles. The summed E-state index contributed by atoms with van der Waals surface area (Å²) < 4.78 is 22.8. The van der Waals surface area contributed by atoms with E-state index in [1.165, 1.54) is 4.90 Å². The summed E-state index contributed by atoms with van der Waals surface area (Å²) in [5.74, 6) is 0. The molecule has 5 heteroatoms. The number of hydrogen-bond donors (Lipinski definition) is 0. The second kappa shape index (κ2) is 6.35. The Morgan fingerprint density at radius 3 is 2.94 bits per heavy atom. The van der Waals surface area contributed by atoms with Crippen molar-refractivity contribution >= 4 is 6.09 Å². The Kier molecular flexibility index (Phi) is 4.52. The number of morpholine rings is 1. The molecule has 18 heavy (non-hydrogen) atoms. The number of carbonyl (C=O) groups is 1. The third kappa shape index (κ3) is 3.43. The summed E-state index contributed by atoms with van der Waals surface area (Å²) in [7, 11) is 0. The van der Waals surface area contributed by atoms with Crippen molar-refractivity contribution in [2.45, 2.75) is 12.7 Å². The van der Waals surface area contributed by atoms with Gasteiger partial charge in [-0.15, -0.1) is 0 Å². The first kappa shape index (κ1) is 12.8. The van der Waals surface area contributed by atoms with Gasteiger partial charge in [-0.05, 0) is 5.56 Å². The smallest absolute Gasteiger partial charge is 0.410 e. The molecule has 1 aliphatic heterocycles. The number of hydrogen-bond acceptors (Lipinski definition) is 3. The molecule has 0 saturated carbocycles. The van der Waals surface area contributed by atoms with Crippen LogP contribution in [0.15, 0.2) is 30.3 Å². The maximum atomic E-state index is 12.5. The van der Waals surface area contributed by atoms with Crippen molar-refractivity contribution in [2.24, 2.45) is 0 Å². The van der Waals surface area contributed by atoms with Crippen LogP contribution in [0.1, 0.15) is 5.56 Å². The molecule has 98 valence electrons. The van der Waals surface area contributed by atoms with Gasteiger partial charge in [0, 0.05) is 6.54 Å². The summed E-state index contributed by atoms with van der Waals surface area (Å²) in [4.78, 5) is 13.2. The van der Waals surface area contributed by atoms with E-state index in [2.05, 4.69) is 0 Å². The van der Waals surface area contributed by atoms with Crippen LogP contribution in [0.4, 0.5) is 9.18 Å². The van der Waals surface area contributed by atoms with E-state index in [1.807, 2.05) is 30.3 Å². The standard InChI is InChI=1S/C13H16FNO3/c14-8-12-9-15(6-7-17-12)13(16)18-10-11-4-2-1-3-5-11/h1-5,12H,6-10H2/t12-/m1/s1. The zero-order chi connectivity index (χ0) is 12.8. The predicted octanol–water partition coefficient (Wildman–Crippen LogP) is 1.99. The van der Waals surface area contributed by atoms with Gasteiger partial charge < -0.3 is 14.4 Å². The van der Waals surface area contributed by atoms with E-state index >= 15 is 0 Å². The molecule has 0 N–H and O–H groups in total. The Labute approximate surface area is 105 Å². The minimum Gasteiger partial charge on any atom is -0.445 e. The maximum absolute atomic E-state index is 12.5. The largest absolute Gasteiger partial charge is 0.445 e. The summed E-state index contributed by atoms with van der Waals surface area (Å²) in [6.45, 7) is 0.711. The summed E-state index contributed by atoms with van der Waals surface area (Å²) in [6.07, 6.45) is -0.941. The van der Waals surface area contributed by atoms with Crippen LogP contribution in [0, 0.1) is 0 Å². The van der Waals surface area contributed by atoms with Gasteiger partial charge in [-0.3, -0.25) is 0 Å². The van der Waals surface area contributed by atoms with Gasteiger partial charge in [-0.1, -0.05) is 30.3 Å². The van der Waals surface area contributed by atoms with Crippen molar-refractivity contribution in [1.29, 1.82) is 0 Å². The number of alkyl halides is 1. The lowest BCUT2D eigenvalue weighted by molar-refractivity contribution is -0.0373. The molecule has 0 aliphatic carbocycles. The van der Waals surface area contributed by atoms with Crippen LogP contribution in [0.3, 0.4) is 0 Å². The SMILES string of the molecule is O=C(OCc1ccccc1)N1CCO[C@H](CF)C1. The molecule has 2 rings (SSSR count). The highest BCUT2D eigenvalue weighted by Gasteiger charge is 2.25. The first-order valence-electron chi connectivity index (χ1n) is 5.93. The van der Waals surface area contributed by atoms with E-state index in [0.717, 1.165) is 5.56 Å². The number of ether oxygens (including phenoxy) is 2. The Hall–Kier alpha value is -1.62. The fourth-order valence-corrected chi connectivity index (χ4v) is 1.79. The summed E-state index contributed by atoms with van der Waals surface area (Å²) in [5.41, 5.74) is 0.932. The number of benzene rings is 1. The Morgan fingerprint density at radius 2 is 2.22 bits per heavy atom. The molecular weight excluding hydrogens is 237 g/mol. The molecule has 1 heterocycles. The number of halogens is 1. The van der Waals surface area contributed by atoms with Crippen LogP contribution in [-0.4, -0.2) is 43.5 Å². The molecule has 1 atom stereocenters. The molecule has 0 unspecified atom stereocenters. The van der Waals surface area contributed by atoms with Gasteiger partial charge in [0.05, 0.1) is 13.2 Å². The zero-order valence-electron chi connectivity index (χ0n) is 10.0. The van der Waals surface area contributed by atoms with E-state index in [0.29, 0.717) is 13.2 Å². The first-order valence-corrected chi connectivity index (χ1v) is 5.93. The Morgan fingerprint density at radius 1 is 1.44 bits per heavy atom. The monoisotopic (exact) mass is 253 g/mol. The first-order chi connectivity index (χ1) is 8.79. The van der Waals surface area contributed by atoms with Crippen molar-refractivity contribution < 1.29 is 18.7 Å². The van der Waals surface area contributed by atoms with Gasteiger partial charge in [0.15, 0.2) is 0 Å². The van der Waals surface area contributed by atoms with Crippen LogP contribution in [0.5, 0.6) is 0 Å². The second-order valence-electron chi connectivity index (χ2n) is 4.13. The molecule has 1 amide bonds. The fourth-order valence-electron chi connectivity index (χ4n) is 1.79. The molecule has 1 saturated heterocycles. The highest BCUT2D eigenvalue weighted by molar-refractivity contribution is 5.67. The van der Waals surface area contributed by atoms with E-state index in [4.69, 9.17) is 9.47 Å². The lowest BCUT2D eigenvalue weighted by atomic mass is 10.2. The lowest BCUT2D eigenvalue weighted by Crippen LogP contribution is -2.46. The number of carbonyl (C=O) groups excluding carboxylic acids is 1. The number of rotatable bonds is 3. The molecule has 0 bridgehead atoms. The van der Waals surface area contributed by atoms with Gasteiger partial charge >= 0.3 is 6.09 Å². The third-order valence-electron chi connectivity index (χ3n) is 2.77. The predicted molar refractivity (Wildman–Crippen MR) is 63.9 cm³/mol. The lowest BCUT2D eigenvalue weighted by Gasteiger charge is -2.30. The van der Waals surface area contributed by atoms with E-state index < -0.39 is 18.9 Å². The summed E-state index contributed by atoms with van der Waals surface area (Å²) >= 11 is 0. The van der Waals surface area contributed by atoms with Crippen molar-refractivity contribution in [2.75, 3.05) is 26.4 Å². The van der Waals surface area contributed by atoms with E-state index in [-0.39, 0.29) is 13.2 Å². The quantitative estimate of drug-likeness (QED) is 0.827. The Bertz CT molecular complexity index is 385. The van der Waals surface area contributed by atoms with E-state index in [1.54, 1.807) is 0 Å². The van der Waals surface area contributed by atoms with Crippen LogP contribution in [0.25, 0.3) is 0 Å². The van der Waals surface area contributed by atoms with Crippen LogP contribution >= 0.6 is 0 Å². The van der Waals surface area contributed by atoms with Crippen LogP contribution < -0.4 is 0 Å². The molecule has 0 aromatic heterocycles. The van der Waals surface area contributed by atoms with Gasteiger partial charge in [-0.25, -0.2) is 9.18 Å².